The Morgan fingerprint density at radius 3 is 2.15 bits per heavy atom. The van der Waals surface area contributed by atoms with E-state index in [-0.39, 0.29) is 18.4 Å². The lowest BCUT2D eigenvalue weighted by molar-refractivity contribution is -0.147. The van der Waals surface area contributed by atoms with Crippen molar-refractivity contribution in [2.24, 2.45) is 5.92 Å². The van der Waals surface area contributed by atoms with Gasteiger partial charge in [-0.05, 0) is 22.3 Å². The molecule has 0 spiro atoms. The molecule has 2 aromatic carbocycles. The summed E-state index contributed by atoms with van der Waals surface area (Å²) >= 11 is 0. The molecule has 1 heterocycles. The summed E-state index contributed by atoms with van der Waals surface area (Å²) in [4.78, 5) is 23.5. The lowest BCUT2D eigenvalue weighted by atomic mass is 9.98. The molecule has 2 N–H and O–H groups in total. The quantitative estimate of drug-likeness (QED) is 0.863. The van der Waals surface area contributed by atoms with Gasteiger partial charge in [-0.15, -0.1) is 0 Å². The summed E-state index contributed by atoms with van der Waals surface area (Å²) in [5.74, 6) is -1.34. The zero-order valence-corrected chi connectivity index (χ0v) is 14.1. The van der Waals surface area contributed by atoms with Gasteiger partial charge >= 0.3 is 12.1 Å². The van der Waals surface area contributed by atoms with Crippen LogP contribution in [0.25, 0.3) is 11.1 Å². The van der Waals surface area contributed by atoms with Gasteiger partial charge in [-0.2, -0.15) is 0 Å². The Morgan fingerprint density at radius 1 is 1.08 bits per heavy atom. The molecule has 0 radical (unpaired) electrons. The third-order valence-electron chi connectivity index (χ3n) is 5.02. The predicted octanol–water partition coefficient (Wildman–Crippen LogP) is 2.62. The molecular formula is C20H19NO5. The highest BCUT2D eigenvalue weighted by Gasteiger charge is 2.36. The molecule has 134 valence electrons. The molecule has 1 saturated heterocycles. The van der Waals surface area contributed by atoms with Crippen LogP contribution in [0.4, 0.5) is 4.79 Å². The van der Waals surface area contributed by atoms with Gasteiger partial charge in [-0.25, -0.2) is 9.59 Å². The number of ether oxygens (including phenoxy) is 2. The van der Waals surface area contributed by atoms with Gasteiger partial charge in [0.15, 0.2) is 0 Å². The number of aliphatic carboxylic acids is 1. The molecule has 2 aliphatic rings. The third-order valence-corrected chi connectivity index (χ3v) is 5.02. The number of hydrogen-bond donors (Lipinski definition) is 2. The van der Waals surface area contributed by atoms with Crippen molar-refractivity contribution in [1.82, 2.24) is 5.32 Å². The largest absolute Gasteiger partial charge is 0.480 e. The second-order valence-corrected chi connectivity index (χ2v) is 6.58. The summed E-state index contributed by atoms with van der Waals surface area (Å²) in [5, 5.41) is 11.7. The fourth-order valence-corrected chi connectivity index (χ4v) is 3.59. The van der Waals surface area contributed by atoms with Crippen LogP contribution in [0.15, 0.2) is 48.5 Å². The second-order valence-electron chi connectivity index (χ2n) is 6.58. The molecule has 4 rings (SSSR count). The van der Waals surface area contributed by atoms with Crippen molar-refractivity contribution in [2.45, 2.75) is 12.0 Å². The monoisotopic (exact) mass is 353 g/mol. The van der Waals surface area contributed by atoms with E-state index < -0.39 is 18.1 Å². The highest BCUT2D eigenvalue weighted by atomic mass is 16.5. The molecule has 1 aliphatic heterocycles. The summed E-state index contributed by atoms with van der Waals surface area (Å²) in [5.41, 5.74) is 4.52. The van der Waals surface area contributed by atoms with E-state index in [1.54, 1.807) is 0 Å². The maximum Gasteiger partial charge on any atom is 0.407 e. The molecule has 1 unspecified atom stereocenters. The van der Waals surface area contributed by atoms with E-state index in [1.165, 1.54) is 0 Å². The van der Waals surface area contributed by atoms with Gasteiger partial charge in [-0.3, -0.25) is 0 Å². The van der Waals surface area contributed by atoms with Crippen molar-refractivity contribution in [3.8, 4) is 11.1 Å². The van der Waals surface area contributed by atoms with Crippen LogP contribution in [-0.4, -0.2) is 43.0 Å². The van der Waals surface area contributed by atoms with Gasteiger partial charge in [0.25, 0.3) is 0 Å². The van der Waals surface area contributed by atoms with Gasteiger partial charge < -0.3 is 19.9 Å². The lowest BCUT2D eigenvalue weighted by Gasteiger charge is -2.31. The Hall–Kier alpha value is -2.86. The van der Waals surface area contributed by atoms with Crippen molar-refractivity contribution < 1.29 is 24.2 Å². The standard InChI is InChI=1S/C20H19NO5/c22-19(23)18(12-9-25-10-12)21-20(24)26-11-17-15-7-3-1-5-13(15)14-6-2-4-8-16(14)17/h1-8,12,17-18H,9-11H2,(H,21,24)(H,22,23). The molecule has 26 heavy (non-hydrogen) atoms. The first-order valence-electron chi connectivity index (χ1n) is 8.57. The fraction of sp³-hybridized carbons (Fsp3) is 0.300. The second kappa shape index (κ2) is 6.80. The lowest BCUT2D eigenvalue weighted by Crippen LogP contribution is -2.52. The van der Waals surface area contributed by atoms with E-state index in [0.717, 1.165) is 22.3 Å². The summed E-state index contributed by atoms with van der Waals surface area (Å²) in [6, 6.07) is 15.1. The number of carbonyl (C=O) groups is 2. The average molecular weight is 353 g/mol. The van der Waals surface area contributed by atoms with Crippen molar-refractivity contribution in [2.75, 3.05) is 19.8 Å². The van der Waals surface area contributed by atoms with Crippen LogP contribution >= 0.6 is 0 Å². The number of hydrogen-bond acceptors (Lipinski definition) is 4. The van der Waals surface area contributed by atoms with Gasteiger partial charge in [0, 0.05) is 11.8 Å². The Kier molecular flexibility index (Phi) is 4.34. The Balaban J connectivity index is 1.46. The first-order valence-corrected chi connectivity index (χ1v) is 8.57. The van der Waals surface area contributed by atoms with Crippen LogP contribution in [0, 0.1) is 5.92 Å². The summed E-state index contributed by atoms with van der Waals surface area (Å²) < 4.78 is 10.4. The van der Waals surface area contributed by atoms with E-state index in [2.05, 4.69) is 17.4 Å². The van der Waals surface area contributed by atoms with E-state index in [1.807, 2.05) is 36.4 Å². The summed E-state index contributed by atoms with van der Waals surface area (Å²) in [6.07, 6.45) is -0.717. The predicted molar refractivity (Wildman–Crippen MR) is 93.9 cm³/mol. The Labute approximate surface area is 150 Å². The number of nitrogens with one attached hydrogen (secondary N) is 1. The zero-order chi connectivity index (χ0) is 18.1. The van der Waals surface area contributed by atoms with E-state index >= 15 is 0 Å². The topological polar surface area (TPSA) is 84.9 Å². The maximum atomic E-state index is 12.1. The van der Waals surface area contributed by atoms with Crippen LogP contribution < -0.4 is 5.32 Å². The normalized spacial score (nSPS) is 16.9. The van der Waals surface area contributed by atoms with E-state index in [4.69, 9.17) is 9.47 Å². The molecule has 0 bridgehead atoms. The van der Waals surface area contributed by atoms with Crippen molar-refractivity contribution >= 4 is 12.1 Å². The molecule has 6 heteroatoms. The Morgan fingerprint density at radius 2 is 1.65 bits per heavy atom. The minimum atomic E-state index is -1.08. The van der Waals surface area contributed by atoms with Gasteiger partial charge in [0.1, 0.15) is 12.6 Å². The fourth-order valence-electron chi connectivity index (χ4n) is 3.59. The first-order chi connectivity index (χ1) is 12.6. The molecule has 1 amide bonds. The molecule has 1 atom stereocenters. The minimum Gasteiger partial charge on any atom is -0.480 e. The molecule has 1 aliphatic carbocycles. The van der Waals surface area contributed by atoms with Crippen molar-refractivity contribution in [3.63, 3.8) is 0 Å². The van der Waals surface area contributed by atoms with Crippen LogP contribution in [0.1, 0.15) is 17.0 Å². The van der Waals surface area contributed by atoms with Crippen molar-refractivity contribution in [1.29, 1.82) is 0 Å². The number of carboxylic acid groups (broad SMARTS) is 1. The van der Waals surface area contributed by atoms with E-state index in [0.29, 0.717) is 13.2 Å². The number of alkyl carbamates (subject to hydrolysis) is 1. The zero-order valence-electron chi connectivity index (χ0n) is 14.1. The molecule has 2 aromatic rings. The molecular weight excluding hydrogens is 334 g/mol. The minimum absolute atomic E-state index is 0.0523. The number of carbonyl (C=O) groups excluding carboxylic acids is 1. The van der Waals surface area contributed by atoms with Gasteiger partial charge in [0.2, 0.25) is 0 Å². The van der Waals surface area contributed by atoms with Gasteiger partial charge in [-0.1, -0.05) is 48.5 Å². The molecule has 0 aromatic heterocycles. The highest BCUT2D eigenvalue weighted by molar-refractivity contribution is 5.81. The highest BCUT2D eigenvalue weighted by Crippen LogP contribution is 2.44. The average Bonchev–Trinajstić information content (AvgIpc) is 2.92. The number of amides is 1. The van der Waals surface area contributed by atoms with Crippen molar-refractivity contribution in [3.05, 3.63) is 59.7 Å². The molecule has 0 saturated carbocycles. The molecule has 6 nitrogen and oxygen atoms in total. The maximum absolute atomic E-state index is 12.1. The van der Waals surface area contributed by atoms with Crippen LogP contribution in [0.5, 0.6) is 0 Å². The smallest absolute Gasteiger partial charge is 0.407 e. The Bertz CT molecular complexity index is 800. The number of fused-ring (bicyclic) bond motifs is 3. The van der Waals surface area contributed by atoms with Crippen LogP contribution in [0.2, 0.25) is 0 Å². The van der Waals surface area contributed by atoms with Gasteiger partial charge in [0.05, 0.1) is 13.2 Å². The van der Waals surface area contributed by atoms with Crippen LogP contribution in [0.3, 0.4) is 0 Å². The first kappa shape index (κ1) is 16.6. The SMILES string of the molecule is O=C(NC(C(=O)O)C1COC1)OCC1c2ccccc2-c2ccccc21. The number of rotatable bonds is 5. The number of benzene rings is 2. The van der Waals surface area contributed by atoms with E-state index in [9.17, 15) is 14.7 Å². The third kappa shape index (κ3) is 2.93. The summed E-state index contributed by atoms with van der Waals surface area (Å²) in [7, 11) is 0. The molecule has 1 fully saturated rings. The van der Waals surface area contributed by atoms with Crippen LogP contribution in [-0.2, 0) is 14.3 Å². The summed E-state index contributed by atoms with van der Waals surface area (Å²) in [6.45, 7) is 0.828. The number of carboxylic acids is 1.